The van der Waals surface area contributed by atoms with Crippen molar-refractivity contribution in [2.75, 3.05) is 0 Å². The van der Waals surface area contributed by atoms with Crippen LogP contribution in [0.5, 0.6) is 0 Å². The molecule has 4 rings (SSSR count). The molecule has 2 aromatic heterocycles. The van der Waals surface area contributed by atoms with Crippen LogP contribution in [0.2, 0.25) is 0 Å². The number of benzene rings is 2. The van der Waals surface area contributed by atoms with Gasteiger partial charge in [-0.25, -0.2) is 9.97 Å². The Labute approximate surface area is 140 Å². The smallest absolute Gasteiger partial charge is 0.177 e. The summed E-state index contributed by atoms with van der Waals surface area (Å²) in [6.45, 7) is 9.15. The Hall–Kier alpha value is -3.14. The van der Waals surface area contributed by atoms with Crippen molar-refractivity contribution in [2.45, 2.75) is 13.1 Å². The van der Waals surface area contributed by atoms with E-state index in [1.165, 1.54) is 0 Å². The SMILES string of the molecule is C=CCn1c(-c2nc3ccccc3n2CC=C)nc2ccccc21. The monoisotopic (exact) mass is 314 g/mol. The largest absolute Gasteiger partial charge is 0.317 e. The molecule has 0 N–H and O–H groups in total. The number of allylic oxidation sites excluding steroid dienone is 2. The number of hydrogen-bond donors (Lipinski definition) is 0. The first-order valence-electron chi connectivity index (χ1n) is 7.96. The summed E-state index contributed by atoms with van der Waals surface area (Å²) in [7, 11) is 0. The van der Waals surface area contributed by atoms with E-state index in [-0.39, 0.29) is 0 Å². The maximum Gasteiger partial charge on any atom is 0.177 e. The van der Waals surface area contributed by atoms with Crippen LogP contribution < -0.4 is 0 Å². The van der Waals surface area contributed by atoms with Crippen LogP contribution in [-0.2, 0) is 13.1 Å². The van der Waals surface area contributed by atoms with Crippen molar-refractivity contribution in [2.24, 2.45) is 0 Å². The zero-order valence-electron chi connectivity index (χ0n) is 13.4. The van der Waals surface area contributed by atoms with E-state index >= 15 is 0 Å². The summed E-state index contributed by atoms with van der Waals surface area (Å²) in [5.41, 5.74) is 4.10. The lowest BCUT2D eigenvalue weighted by Gasteiger charge is -2.08. The molecule has 0 unspecified atom stereocenters. The van der Waals surface area contributed by atoms with E-state index in [1.807, 2.05) is 48.6 Å². The molecule has 2 heterocycles. The van der Waals surface area contributed by atoms with Crippen LogP contribution in [-0.4, -0.2) is 19.1 Å². The second-order valence-electron chi connectivity index (χ2n) is 5.65. The van der Waals surface area contributed by atoms with Gasteiger partial charge in [-0.1, -0.05) is 36.4 Å². The Morgan fingerprint density at radius 1 is 0.708 bits per heavy atom. The second-order valence-corrected chi connectivity index (χ2v) is 5.65. The molecular formula is C20H18N4. The lowest BCUT2D eigenvalue weighted by molar-refractivity contribution is 0.807. The third-order valence-electron chi connectivity index (χ3n) is 4.13. The van der Waals surface area contributed by atoms with Crippen LogP contribution >= 0.6 is 0 Å². The number of rotatable bonds is 5. The number of imidazole rings is 2. The Kier molecular flexibility index (Phi) is 3.50. The highest BCUT2D eigenvalue weighted by Crippen LogP contribution is 2.28. The minimum absolute atomic E-state index is 0.688. The molecule has 0 aliphatic rings. The molecule has 0 saturated heterocycles. The molecule has 0 fully saturated rings. The number of nitrogens with zero attached hydrogens (tertiary/aromatic N) is 4. The van der Waals surface area contributed by atoms with Crippen molar-refractivity contribution in [1.82, 2.24) is 19.1 Å². The number of hydrogen-bond acceptors (Lipinski definition) is 2. The van der Waals surface area contributed by atoms with Crippen LogP contribution in [0.3, 0.4) is 0 Å². The minimum atomic E-state index is 0.688. The van der Waals surface area contributed by atoms with Crippen molar-refractivity contribution in [3.05, 3.63) is 73.8 Å². The van der Waals surface area contributed by atoms with E-state index in [0.29, 0.717) is 13.1 Å². The first kappa shape index (κ1) is 14.5. The van der Waals surface area contributed by atoms with Gasteiger partial charge in [-0.3, -0.25) is 0 Å². The Bertz CT molecular complexity index is 966. The Morgan fingerprint density at radius 2 is 1.12 bits per heavy atom. The van der Waals surface area contributed by atoms with Gasteiger partial charge in [0.15, 0.2) is 11.6 Å². The summed E-state index contributed by atoms with van der Waals surface area (Å²) < 4.78 is 4.31. The van der Waals surface area contributed by atoms with Crippen molar-refractivity contribution < 1.29 is 0 Å². The average molecular weight is 314 g/mol. The van der Waals surface area contributed by atoms with Crippen LogP contribution in [0.25, 0.3) is 33.7 Å². The fourth-order valence-corrected chi connectivity index (χ4v) is 3.12. The van der Waals surface area contributed by atoms with Crippen LogP contribution in [0.1, 0.15) is 0 Å². The first-order chi connectivity index (χ1) is 11.8. The standard InChI is InChI=1S/C20H18N4/c1-3-13-23-17-11-7-5-9-15(17)21-19(23)20-22-16-10-6-8-12-18(16)24(20)14-4-2/h3-12H,1-2,13-14H2. The minimum Gasteiger partial charge on any atom is -0.317 e. The summed E-state index contributed by atoms with van der Waals surface area (Å²) in [4.78, 5) is 9.67. The summed E-state index contributed by atoms with van der Waals surface area (Å²) in [6.07, 6.45) is 3.77. The highest BCUT2D eigenvalue weighted by Gasteiger charge is 2.18. The van der Waals surface area contributed by atoms with Crippen molar-refractivity contribution in [1.29, 1.82) is 0 Å². The normalized spacial score (nSPS) is 11.2. The van der Waals surface area contributed by atoms with E-state index in [0.717, 1.165) is 33.7 Å². The van der Waals surface area contributed by atoms with Gasteiger partial charge in [0.05, 0.1) is 22.1 Å². The lowest BCUT2D eigenvalue weighted by atomic mass is 10.3. The number of aromatic nitrogens is 4. The fourth-order valence-electron chi connectivity index (χ4n) is 3.12. The summed E-state index contributed by atoms with van der Waals surface area (Å²) in [6, 6.07) is 16.3. The van der Waals surface area contributed by atoms with Gasteiger partial charge < -0.3 is 9.13 Å². The highest BCUT2D eigenvalue weighted by atomic mass is 15.2. The maximum atomic E-state index is 4.84. The fraction of sp³-hybridized carbons (Fsp3) is 0.100. The van der Waals surface area contributed by atoms with Gasteiger partial charge in [0, 0.05) is 13.1 Å². The molecule has 0 bridgehead atoms. The molecule has 0 saturated carbocycles. The third kappa shape index (κ3) is 2.15. The van der Waals surface area contributed by atoms with Crippen molar-refractivity contribution >= 4 is 22.1 Å². The van der Waals surface area contributed by atoms with Crippen molar-refractivity contribution in [3.8, 4) is 11.6 Å². The zero-order chi connectivity index (χ0) is 16.5. The molecule has 0 amide bonds. The summed E-state index contributed by atoms with van der Waals surface area (Å²) in [5.74, 6) is 1.71. The molecule has 0 atom stereocenters. The van der Waals surface area contributed by atoms with Gasteiger partial charge in [0.1, 0.15) is 0 Å². The Balaban J connectivity index is 2.05. The zero-order valence-corrected chi connectivity index (χ0v) is 13.4. The molecule has 4 aromatic rings. The lowest BCUT2D eigenvalue weighted by Crippen LogP contribution is -2.05. The molecule has 24 heavy (non-hydrogen) atoms. The molecular weight excluding hydrogens is 296 g/mol. The van der Waals surface area contributed by atoms with E-state index in [1.54, 1.807) is 0 Å². The quantitative estimate of drug-likeness (QED) is 0.511. The molecule has 2 aromatic carbocycles. The molecule has 4 nitrogen and oxygen atoms in total. The van der Waals surface area contributed by atoms with Gasteiger partial charge in [0.2, 0.25) is 0 Å². The van der Waals surface area contributed by atoms with Gasteiger partial charge in [-0.15, -0.1) is 13.2 Å². The van der Waals surface area contributed by atoms with Crippen LogP contribution in [0, 0.1) is 0 Å². The molecule has 0 radical (unpaired) electrons. The van der Waals surface area contributed by atoms with Crippen LogP contribution in [0.15, 0.2) is 73.8 Å². The average Bonchev–Trinajstić information content (AvgIpc) is 3.15. The van der Waals surface area contributed by atoms with E-state index in [4.69, 9.17) is 9.97 Å². The highest BCUT2D eigenvalue weighted by molar-refractivity contribution is 5.83. The maximum absolute atomic E-state index is 4.84. The predicted octanol–water partition coefficient (Wildman–Crippen LogP) is 4.43. The van der Waals surface area contributed by atoms with E-state index in [9.17, 15) is 0 Å². The number of para-hydroxylation sites is 4. The molecule has 0 aliphatic heterocycles. The molecule has 0 spiro atoms. The summed E-state index contributed by atoms with van der Waals surface area (Å²) >= 11 is 0. The van der Waals surface area contributed by atoms with Gasteiger partial charge in [-0.05, 0) is 24.3 Å². The van der Waals surface area contributed by atoms with E-state index in [2.05, 4.69) is 34.4 Å². The topological polar surface area (TPSA) is 35.6 Å². The second kappa shape index (κ2) is 5.81. The van der Waals surface area contributed by atoms with Crippen molar-refractivity contribution in [3.63, 3.8) is 0 Å². The predicted molar refractivity (Wildman–Crippen MR) is 98.9 cm³/mol. The molecule has 118 valence electrons. The third-order valence-corrected chi connectivity index (χ3v) is 4.13. The van der Waals surface area contributed by atoms with Gasteiger partial charge in [0.25, 0.3) is 0 Å². The van der Waals surface area contributed by atoms with Crippen LogP contribution in [0.4, 0.5) is 0 Å². The van der Waals surface area contributed by atoms with Gasteiger partial charge >= 0.3 is 0 Å². The summed E-state index contributed by atoms with van der Waals surface area (Å²) in [5, 5.41) is 0. The number of fused-ring (bicyclic) bond motifs is 2. The molecule has 4 heteroatoms. The molecule has 0 aliphatic carbocycles. The van der Waals surface area contributed by atoms with Gasteiger partial charge in [-0.2, -0.15) is 0 Å². The first-order valence-corrected chi connectivity index (χ1v) is 7.96. The Morgan fingerprint density at radius 3 is 1.54 bits per heavy atom. The van der Waals surface area contributed by atoms with E-state index < -0.39 is 0 Å².